The Kier molecular flexibility index (Phi) is 5.07. The quantitative estimate of drug-likeness (QED) is 0.779. The van der Waals surface area contributed by atoms with Gasteiger partial charge in [0.2, 0.25) is 10.0 Å². The number of nitrogens with one attached hydrogen (secondary N) is 1. The number of likely N-dealkylation sites (tertiary alicyclic amines) is 1. The van der Waals surface area contributed by atoms with E-state index in [1.54, 1.807) is 18.7 Å². The topological polar surface area (TPSA) is 104 Å². The van der Waals surface area contributed by atoms with Crippen LogP contribution >= 0.6 is 0 Å². The van der Waals surface area contributed by atoms with Gasteiger partial charge in [0, 0.05) is 24.7 Å². The van der Waals surface area contributed by atoms with Gasteiger partial charge in [0.15, 0.2) is 0 Å². The van der Waals surface area contributed by atoms with Crippen LogP contribution in [-0.4, -0.2) is 49.4 Å². The number of carbonyl (C=O) groups is 2. The maximum absolute atomic E-state index is 12.7. The lowest BCUT2D eigenvalue weighted by molar-refractivity contribution is -0.142. The summed E-state index contributed by atoms with van der Waals surface area (Å²) in [5, 5.41) is 9.42. The summed E-state index contributed by atoms with van der Waals surface area (Å²) < 4.78 is 26.8. The fourth-order valence-corrected chi connectivity index (χ4v) is 4.85. The van der Waals surface area contributed by atoms with Crippen LogP contribution in [-0.2, 0) is 14.8 Å². The molecule has 0 unspecified atom stereocenters. The molecule has 8 heteroatoms. The molecule has 26 heavy (non-hydrogen) atoms. The summed E-state index contributed by atoms with van der Waals surface area (Å²) in [5.74, 6) is -1.19. The third-order valence-electron chi connectivity index (χ3n) is 5.00. The van der Waals surface area contributed by atoms with Crippen LogP contribution in [0, 0.1) is 17.8 Å². The summed E-state index contributed by atoms with van der Waals surface area (Å²) in [4.78, 5) is 25.9. The molecule has 2 atom stereocenters. The van der Waals surface area contributed by atoms with Crippen LogP contribution in [0.4, 0.5) is 0 Å². The molecular weight excluding hydrogens is 356 g/mol. The van der Waals surface area contributed by atoms with Gasteiger partial charge in [-0.15, -0.1) is 0 Å². The molecule has 1 aliphatic carbocycles. The normalized spacial score (nSPS) is 23.4. The maximum atomic E-state index is 12.7. The Bertz CT molecular complexity index is 799. The number of benzene rings is 1. The van der Waals surface area contributed by atoms with Crippen LogP contribution in [0.25, 0.3) is 0 Å². The van der Waals surface area contributed by atoms with Crippen LogP contribution in [0.3, 0.4) is 0 Å². The third kappa shape index (κ3) is 3.91. The van der Waals surface area contributed by atoms with Gasteiger partial charge in [-0.05, 0) is 62.8 Å². The predicted molar refractivity (Wildman–Crippen MR) is 95.1 cm³/mol. The molecule has 3 rings (SSSR count). The molecule has 1 aromatic carbocycles. The fourth-order valence-electron chi connectivity index (χ4n) is 3.60. The molecule has 0 radical (unpaired) electrons. The van der Waals surface area contributed by atoms with Crippen molar-refractivity contribution in [3.63, 3.8) is 0 Å². The van der Waals surface area contributed by atoms with Crippen molar-refractivity contribution >= 4 is 21.9 Å². The first-order valence-electron chi connectivity index (χ1n) is 8.83. The number of carboxylic acids is 1. The molecule has 1 aliphatic heterocycles. The lowest BCUT2D eigenvalue weighted by atomic mass is 9.92. The van der Waals surface area contributed by atoms with Gasteiger partial charge in [-0.2, -0.15) is 0 Å². The van der Waals surface area contributed by atoms with E-state index in [1.807, 2.05) is 0 Å². The summed E-state index contributed by atoms with van der Waals surface area (Å²) in [6.45, 7) is 4.13. The molecule has 2 aliphatic rings. The molecule has 1 saturated heterocycles. The van der Waals surface area contributed by atoms with Gasteiger partial charge in [0.1, 0.15) is 0 Å². The van der Waals surface area contributed by atoms with E-state index in [2.05, 4.69) is 4.72 Å². The van der Waals surface area contributed by atoms with Gasteiger partial charge in [-0.1, -0.05) is 0 Å². The van der Waals surface area contributed by atoms with E-state index in [0.717, 1.165) is 12.8 Å². The molecule has 2 N–H and O–H groups in total. The minimum absolute atomic E-state index is 0.0198. The largest absolute Gasteiger partial charge is 0.481 e. The van der Waals surface area contributed by atoms with E-state index in [-0.39, 0.29) is 29.3 Å². The summed E-state index contributed by atoms with van der Waals surface area (Å²) in [5.41, 5.74) is 0.370. The molecule has 1 amide bonds. The van der Waals surface area contributed by atoms with E-state index in [0.29, 0.717) is 18.0 Å². The van der Waals surface area contributed by atoms with Gasteiger partial charge in [0.25, 0.3) is 5.91 Å². The smallest absolute Gasteiger partial charge is 0.308 e. The number of carbonyl (C=O) groups excluding carboxylic acids is 1. The lowest BCUT2D eigenvalue weighted by Gasteiger charge is -2.17. The highest BCUT2D eigenvalue weighted by molar-refractivity contribution is 7.89. The van der Waals surface area contributed by atoms with Gasteiger partial charge in [0.05, 0.1) is 10.8 Å². The van der Waals surface area contributed by atoms with Crippen molar-refractivity contribution in [2.75, 3.05) is 13.1 Å². The lowest BCUT2D eigenvalue weighted by Crippen LogP contribution is -2.31. The highest BCUT2D eigenvalue weighted by Crippen LogP contribution is 2.44. The van der Waals surface area contributed by atoms with E-state index >= 15 is 0 Å². The SMILES string of the molecule is CC(C)NS(=O)(=O)c1ccc(C(=O)N2C[C@H](C(=O)O)[C@@H](C3CC3)C2)cc1. The molecular formula is C18H24N2O5S. The van der Waals surface area contributed by atoms with Crippen LogP contribution in [0.15, 0.2) is 29.2 Å². The molecule has 1 saturated carbocycles. The summed E-state index contributed by atoms with van der Waals surface area (Å²) in [6, 6.07) is 5.55. The Morgan fingerprint density at radius 3 is 2.27 bits per heavy atom. The molecule has 2 fully saturated rings. The van der Waals surface area contributed by atoms with Crippen LogP contribution in [0.1, 0.15) is 37.0 Å². The Balaban J connectivity index is 1.73. The highest BCUT2D eigenvalue weighted by atomic mass is 32.2. The summed E-state index contributed by atoms with van der Waals surface area (Å²) in [6.07, 6.45) is 2.07. The van der Waals surface area contributed by atoms with Crippen LogP contribution in [0.2, 0.25) is 0 Å². The summed E-state index contributed by atoms with van der Waals surface area (Å²) >= 11 is 0. The van der Waals surface area contributed by atoms with Gasteiger partial charge in [-0.3, -0.25) is 9.59 Å². The van der Waals surface area contributed by atoms with Crippen molar-refractivity contribution in [3.8, 4) is 0 Å². The first-order chi connectivity index (χ1) is 12.2. The first-order valence-corrected chi connectivity index (χ1v) is 10.3. The summed E-state index contributed by atoms with van der Waals surface area (Å²) in [7, 11) is -3.61. The number of carboxylic acid groups (broad SMARTS) is 1. The van der Waals surface area contributed by atoms with E-state index in [9.17, 15) is 23.1 Å². The minimum atomic E-state index is -3.61. The van der Waals surface area contributed by atoms with Gasteiger partial charge < -0.3 is 10.0 Å². The number of sulfonamides is 1. The standard InChI is InChI=1S/C18H24N2O5S/c1-11(2)19-26(24,25)14-7-5-13(6-8-14)17(21)20-9-15(12-3-4-12)16(10-20)18(22)23/h5-8,11-12,15-16,19H,3-4,9-10H2,1-2H3,(H,22,23)/t15-,16+/m1/s1. The van der Waals surface area contributed by atoms with Crippen LogP contribution < -0.4 is 4.72 Å². The molecule has 1 heterocycles. The van der Waals surface area contributed by atoms with Crippen molar-refractivity contribution in [2.24, 2.45) is 17.8 Å². The fraction of sp³-hybridized carbons (Fsp3) is 0.556. The third-order valence-corrected chi connectivity index (χ3v) is 6.67. The monoisotopic (exact) mass is 380 g/mol. The number of rotatable bonds is 6. The average Bonchev–Trinajstić information content (AvgIpc) is 3.31. The van der Waals surface area contributed by atoms with Crippen molar-refractivity contribution < 1.29 is 23.1 Å². The molecule has 0 spiro atoms. The number of aliphatic carboxylic acids is 1. The number of hydrogen-bond donors (Lipinski definition) is 2. The average molecular weight is 380 g/mol. The Labute approximate surface area is 153 Å². The molecule has 0 aromatic heterocycles. The Hall–Kier alpha value is -1.93. The molecule has 7 nitrogen and oxygen atoms in total. The zero-order valence-corrected chi connectivity index (χ0v) is 15.7. The first kappa shape index (κ1) is 18.8. The molecule has 142 valence electrons. The number of amides is 1. The zero-order chi connectivity index (χ0) is 19.1. The van der Waals surface area contributed by atoms with Crippen molar-refractivity contribution in [1.82, 2.24) is 9.62 Å². The van der Waals surface area contributed by atoms with E-state index in [4.69, 9.17) is 0 Å². The highest BCUT2D eigenvalue weighted by Gasteiger charge is 2.46. The van der Waals surface area contributed by atoms with Crippen molar-refractivity contribution in [2.45, 2.75) is 37.6 Å². The maximum Gasteiger partial charge on any atom is 0.308 e. The Morgan fingerprint density at radius 1 is 1.15 bits per heavy atom. The Morgan fingerprint density at radius 2 is 1.77 bits per heavy atom. The molecule has 1 aromatic rings. The second kappa shape index (κ2) is 7.00. The predicted octanol–water partition coefficient (Wildman–Crippen LogP) is 1.56. The zero-order valence-electron chi connectivity index (χ0n) is 14.9. The second-order valence-electron chi connectivity index (χ2n) is 7.46. The minimum Gasteiger partial charge on any atom is -0.481 e. The van der Waals surface area contributed by atoms with Crippen molar-refractivity contribution in [3.05, 3.63) is 29.8 Å². The van der Waals surface area contributed by atoms with Gasteiger partial charge in [-0.25, -0.2) is 13.1 Å². The van der Waals surface area contributed by atoms with E-state index in [1.165, 1.54) is 24.3 Å². The molecule has 0 bridgehead atoms. The van der Waals surface area contributed by atoms with Crippen molar-refractivity contribution in [1.29, 1.82) is 0 Å². The second-order valence-corrected chi connectivity index (χ2v) is 9.17. The number of hydrogen-bond acceptors (Lipinski definition) is 4. The number of nitrogens with zero attached hydrogens (tertiary/aromatic N) is 1. The van der Waals surface area contributed by atoms with Crippen LogP contribution in [0.5, 0.6) is 0 Å². The van der Waals surface area contributed by atoms with Gasteiger partial charge >= 0.3 is 5.97 Å². The van der Waals surface area contributed by atoms with E-state index < -0.39 is 21.9 Å².